The summed E-state index contributed by atoms with van der Waals surface area (Å²) in [4.78, 5) is 21.9. The lowest BCUT2D eigenvalue weighted by Crippen LogP contribution is -2.36. The third-order valence-corrected chi connectivity index (χ3v) is 2.11. The number of carboxylic acids is 1. The zero-order valence-electron chi connectivity index (χ0n) is 10.0. The number of nitrogens with one attached hydrogen (secondary N) is 1. The first-order valence-corrected chi connectivity index (χ1v) is 5.28. The molecule has 0 heterocycles. The van der Waals surface area contributed by atoms with Crippen LogP contribution >= 0.6 is 0 Å². The monoisotopic (exact) mass is 292 g/mol. The third-order valence-electron chi connectivity index (χ3n) is 2.11. The first-order chi connectivity index (χ1) is 9.19. The van der Waals surface area contributed by atoms with Gasteiger partial charge >= 0.3 is 12.1 Å². The van der Waals surface area contributed by atoms with Gasteiger partial charge in [0.15, 0.2) is 6.61 Å². The fraction of sp³-hybridized carbons (Fsp3) is 0.273. The van der Waals surface area contributed by atoms with Gasteiger partial charge in [-0.15, -0.1) is 0 Å². The van der Waals surface area contributed by atoms with E-state index in [4.69, 9.17) is 15.6 Å². The summed E-state index contributed by atoms with van der Waals surface area (Å²) in [6.45, 7) is -2.13. The smallest absolute Gasteiger partial charge is 0.405 e. The Morgan fingerprint density at radius 1 is 1.35 bits per heavy atom. The fourth-order valence-electron chi connectivity index (χ4n) is 1.21. The number of carbonyl (C=O) groups excluding carboxylic acids is 1. The van der Waals surface area contributed by atoms with Crippen molar-refractivity contribution in [3.8, 4) is 5.75 Å². The Bertz CT molecular complexity index is 517. The van der Waals surface area contributed by atoms with Crippen molar-refractivity contribution in [1.29, 1.82) is 0 Å². The Balaban J connectivity index is 2.56. The van der Waals surface area contributed by atoms with Gasteiger partial charge in [0.2, 0.25) is 0 Å². The van der Waals surface area contributed by atoms with Crippen LogP contribution in [0.4, 0.5) is 18.9 Å². The molecule has 4 N–H and O–H groups in total. The van der Waals surface area contributed by atoms with Gasteiger partial charge in [0.05, 0.1) is 5.56 Å². The minimum atomic E-state index is -4.51. The highest BCUT2D eigenvalue weighted by molar-refractivity contribution is 5.94. The van der Waals surface area contributed by atoms with Crippen LogP contribution in [0.1, 0.15) is 10.4 Å². The van der Waals surface area contributed by atoms with Crippen LogP contribution in [0.3, 0.4) is 0 Å². The van der Waals surface area contributed by atoms with Crippen LogP contribution in [0.5, 0.6) is 5.75 Å². The summed E-state index contributed by atoms with van der Waals surface area (Å²) in [6.07, 6.45) is -4.51. The number of hydrogen-bond donors (Lipinski definition) is 3. The van der Waals surface area contributed by atoms with Crippen molar-refractivity contribution >= 4 is 17.6 Å². The zero-order valence-corrected chi connectivity index (χ0v) is 10.0. The molecule has 0 fully saturated rings. The maximum absolute atomic E-state index is 11.8. The molecule has 0 aliphatic rings. The Morgan fingerprint density at radius 3 is 2.55 bits per heavy atom. The topological polar surface area (TPSA) is 102 Å². The highest BCUT2D eigenvalue weighted by Crippen LogP contribution is 2.19. The molecule has 0 spiro atoms. The largest absolute Gasteiger partial charge is 0.484 e. The number of amides is 1. The summed E-state index contributed by atoms with van der Waals surface area (Å²) < 4.78 is 40.4. The third kappa shape index (κ3) is 5.04. The second kappa shape index (κ2) is 6.13. The summed E-state index contributed by atoms with van der Waals surface area (Å²) in [6, 6.07) is 3.64. The lowest BCUT2D eigenvalue weighted by Gasteiger charge is -2.10. The molecule has 0 saturated carbocycles. The van der Waals surface area contributed by atoms with E-state index in [2.05, 4.69) is 0 Å². The van der Waals surface area contributed by atoms with Gasteiger partial charge in [-0.1, -0.05) is 0 Å². The van der Waals surface area contributed by atoms with Gasteiger partial charge in [-0.3, -0.25) is 4.79 Å². The molecular weight excluding hydrogens is 281 g/mol. The van der Waals surface area contributed by atoms with Crippen molar-refractivity contribution in [2.45, 2.75) is 6.18 Å². The predicted octanol–water partition coefficient (Wildman–Crippen LogP) is 1.02. The molecule has 0 saturated heterocycles. The van der Waals surface area contributed by atoms with Crippen molar-refractivity contribution in [1.82, 2.24) is 5.32 Å². The average molecular weight is 292 g/mol. The van der Waals surface area contributed by atoms with Crippen LogP contribution in [0.15, 0.2) is 18.2 Å². The van der Waals surface area contributed by atoms with E-state index in [9.17, 15) is 22.8 Å². The molecule has 0 radical (unpaired) electrons. The number of alkyl halides is 3. The molecule has 6 nitrogen and oxygen atoms in total. The SMILES string of the molecule is Nc1ccc(OCC(=O)NCC(F)(F)F)cc1C(=O)O. The first kappa shape index (κ1) is 15.6. The van der Waals surface area contributed by atoms with E-state index >= 15 is 0 Å². The van der Waals surface area contributed by atoms with Crippen molar-refractivity contribution in [2.75, 3.05) is 18.9 Å². The molecule has 0 bridgehead atoms. The van der Waals surface area contributed by atoms with E-state index in [-0.39, 0.29) is 17.0 Å². The van der Waals surface area contributed by atoms with Gasteiger partial charge in [-0.05, 0) is 18.2 Å². The van der Waals surface area contributed by atoms with Crippen molar-refractivity contribution < 1.29 is 32.6 Å². The highest BCUT2D eigenvalue weighted by Gasteiger charge is 2.27. The molecule has 1 rings (SSSR count). The van der Waals surface area contributed by atoms with Crippen LogP contribution in [-0.2, 0) is 4.79 Å². The second-order valence-corrected chi connectivity index (χ2v) is 3.73. The molecule has 0 aliphatic heterocycles. The van der Waals surface area contributed by atoms with E-state index in [0.29, 0.717) is 0 Å². The standard InChI is InChI=1S/C11H11F3N2O4/c12-11(13,14)5-16-9(17)4-20-6-1-2-8(15)7(3-6)10(18)19/h1-3H,4-5,15H2,(H,16,17)(H,18,19). The molecule has 1 amide bonds. The van der Waals surface area contributed by atoms with E-state index in [1.54, 1.807) is 5.32 Å². The van der Waals surface area contributed by atoms with Crippen molar-refractivity contribution in [2.24, 2.45) is 0 Å². The number of aromatic carboxylic acids is 1. The maximum Gasteiger partial charge on any atom is 0.405 e. The van der Waals surface area contributed by atoms with Gasteiger partial charge in [-0.25, -0.2) is 4.79 Å². The normalized spacial score (nSPS) is 10.9. The number of halogens is 3. The number of carbonyl (C=O) groups is 2. The molecule has 20 heavy (non-hydrogen) atoms. The Hall–Kier alpha value is -2.45. The summed E-state index contributed by atoms with van der Waals surface area (Å²) in [5, 5.41) is 10.4. The minimum absolute atomic E-state index is 0.00590. The number of anilines is 1. The van der Waals surface area contributed by atoms with E-state index < -0.39 is 31.2 Å². The molecule has 0 atom stereocenters. The minimum Gasteiger partial charge on any atom is -0.484 e. The van der Waals surface area contributed by atoms with Gasteiger partial charge in [-0.2, -0.15) is 13.2 Å². The summed E-state index contributed by atoms with van der Waals surface area (Å²) in [7, 11) is 0. The van der Waals surface area contributed by atoms with Crippen molar-refractivity contribution in [3.63, 3.8) is 0 Å². The highest BCUT2D eigenvalue weighted by atomic mass is 19.4. The quantitative estimate of drug-likeness (QED) is 0.703. The number of carboxylic acid groups (broad SMARTS) is 1. The number of nitrogen functional groups attached to an aromatic ring is 1. The Labute approximate surface area is 111 Å². The van der Waals surface area contributed by atoms with E-state index in [1.165, 1.54) is 12.1 Å². The fourth-order valence-corrected chi connectivity index (χ4v) is 1.21. The molecule has 0 unspecified atom stereocenters. The number of nitrogens with two attached hydrogens (primary N) is 1. The summed E-state index contributed by atoms with van der Waals surface area (Å²) in [5.74, 6) is -2.25. The van der Waals surface area contributed by atoms with Crippen LogP contribution in [0, 0.1) is 0 Å². The summed E-state index contributed by atoms with van der Waals surface area (Å²) in [5.41, 5.74) is 5.18. The summed E-state index contributed by atoms with van der Waals surface area (Å²) >= 11 is 0. The lowest BCUT2D eigenvalue weighted by atomic mass is 10.2. The Morgan fingerprint density at radius 2 is 2.00 bits per heavy atom. The molecule has 0 aromatic heterocycles. The van der Waals surface area contributed by atoms with E-state index in [0.717, 1.165) is 6.07 Å². The molecule has 1 aromatic rings. The van der Waals surface area contributed by atoms with Crippen LogP contribution < -0.4 is 15.8 Å². The van der Waals surface area contributed by atoms with E-state index in [1.807, 2.05) is 0 Å². The van der Waals surface area contributed by atoms with Gasteiger partial charge < -0.3 is 20.9 Å². The van der Waals surface area contributed by atoms with Crippen LogP contribution in [0.25, 0.3) is 0 Å². The number of ether oxygens (including phenoxy) is 1. The van der Waals surface area contributed by atoms with Crippen molar-refractivity contribution in [3.05, 3.63) is 23.8 Å². The molecule has 110 valence electrons. The first-order valence-electron chi connectivity index (χ1n) is 5.28. The molecule has 0 aliphatic carbocycles. The maximum atomic E-state index is 11.8. The number of rotatable bonds is 5. The number of hydrogen-bond acceptors (Lipinski definition) is 4. The second-order valence-electron chi connectivity index (χ2n) is 3.73. The number of benzene rings is 1. The molecular formula is C11H11F3N2O4. The van der Waals surface area contributed by atoms with Gasteiger partial charge in [0, 0.05) is 5.69 Å². The zero-order chi connectivity index (χ0) is 15.3. The predicted molar refractivity (Wildman–Crippen MR) is 62.4 cm³/mol. The Kier molecular flexibility index (Phi) is 4.78. The molecule has 9 heteroatoms. The molecule has 1 aromatic carbocycles. The lowest BCUT2D eigenvalue weighted by molar-refractivity contribution is -0.139. The van der Waals surface area contributed by atoms with Gasteiger partial charge in [0.25, 0.3) is 5.91 Å². The van der Waals surface area contributed by atoms with Crippen LogP contribution in [-0.4, -0.2) is 36.3 Å². The average Bonchev–Trinajstić information content (AvgIpc) is 2.34. The van der Waals surface area contributed by atoms with Crippen LogP contribution in [0.2, 0.25) is 0 Å². The van der Waals surface area contributed by atoms with Gasteiger partial charge in [0.1, 0.15) is 12.3 Å².